The summed E-state index contributed by atoms with van der Waals surface area (Å²) >= 11 is 12.6. The first-order valence-corrected chi connectivity index (χ1v) is 10.9. The largest absolute Gasteiger partial charge is 0.469 e. The molecule has 2 aliphatic rings. The van der Waals surface area contributed by atoms with Crippen molar-refractivity contribution in [2.45, 2.75) is 25.3 Å². The van der Waals surface area contributed by atoms with E-state index in [4.69, 9.17) is 27.9 Å². The summed E-state index contributed by atoms with van der Waals surface area (Å²) < 4.78 is 4.87. The number of likely N-dealkylation sites (tertiary alicyclic amines) is 1. The Kier molecular flexibility index (Phi) is 6.33. The van der Waals surface area contributed by atoms with Crippen molar-refractivity contribution < 1.29 is 9.53 Å². The lowest BCUT2D eigenvalue weighted by molar-refractivity contribution is -0.147. The van der Waals surface area contributed by atoms with Gasteiger partial charge in [-0.2, -0.15) is 0 Å². The number of para-hydroxylation sites is 1. The summed E-state index contributed by atoms with van der Waals surface area (Å²) in [5, 5.41) is 1.42. The van der Waals surface area contributed by atoms with Gasteiger partial charge < -0.3 is 9.64 Å². The van der Waals surface area contributed by atoms with Crippen molar-refractivity contribution in [3.63, 3.8) is 0 Å². The zero-order valence-corrected chi connectivity index (χ0v) is 18.1. The first kappa shape index (κ1) is 20.5. The highest BCUT2D eigenvalue weighted by Gasteiger charge is 2.31. The third-order valence-corrected chi connectivity index (χ3v) is 6.72. The van der Waals surface area contributed by atoms with Gasteiger partial charge in [0.2, 0.25) is 0 Å². The molecule has 0 atom stereocenters. The number of halogens is 2. The molecule has 4 nitrogen and oxygen atoms in total. The van der Waals surface area contributed by atoms with Crippen LogP contribution in [-0.2, 0) is 16.1 Å². The van der Waals surface area contributed by atoms with Gasteiger partial charge in [0.15, 0.2) is 0 Å². The molecule has 0 bridgehead atoms. The van der Waals surface area contributed by atoms with Crippen LogP contribution in [0.2, 0.25) is 10.0 Å². The van der Waals surface area contributed by atoms with Crippen LogP contribution in [0.15, 0.2) is 42.5 Å². The van der Waals surface area contributed by atoms with E-state index in [2.05, 4.69) is 34.1 Å². The van der Waals surface area contributed by atoms with Crippen molar-refractivity contribution in [1.82, 2.24) is 4.90 Å². The fourth-order valence-corrected chi connectivity index (χ4v) is 4.95. The van der Waals surface area contributed by atoms with Crippen LogP contribution in [0, 0.1) is 5.92 Å². The van der Waals surface area contributed by atoms with Gasteiger partial charge in [0, 0.05) is 25.6 Å². The highest BCUT2D eigenvalue weighted by atomic mass is 35.5. The summed E-state index contributed by atoms with van der Waals surface area (Å²) in [5.41, 5.74) is 3.62. The van der Waals surface area contributed by atoms with E-state index < -0.39 is 0 Å². The van der Waals surface area contributed by atoms with Gasteiger partial charge >= 0.3 is 5.97 Å². The number of ether oxygens (including phenoxy) is 1. The van der Waals surface area contributed by atoms with Crippen LogP contribution in [0.3, 0.4) is 0 Å². The molecule has 0 N–H and O–H groups in total. The number of benzene rings is 2. The molecule has 154 valence electrons. The Morgan fingerprint density at radius 2 is 1.66 bits per heavy atom. The second kappa shape index (κ2) is 8.95. The number of hydrogen-bond acceptors (Lipinski definition) is 4. The number of rotatable bonds is 5. The van der Waals surface area contributed by atoms with Crippen LogP contribution in [0.5, 0.6) is 0 Å². The molecular weight excluding hydrogens is 407 g/mol. The molecular formula is C23H26Cl2N2O2. The van der Waals surface area contributed by atoms with E-state index in [1.54, 1.807) is 0 Å². The van der Waals surface area contributed by atoms with Crippen molar-refractivity contribution >= 4 is 34.9 Å². The first-order valence-electron chi connectivity index (χ1n) is 10.1. The Hall–Kier alpha value is -1.75. The van der Waals surface area contributed by atoms with Gasteiger partial charge in [-0.15, -0.1) is 0 Å². The third kappa shape index (κ3) is 4.55. The SMILES string of the molecule is COC(=O)C1CCN(Cc2ccc(C3CN(c4c(Cl)cccc4Cl)C3)cc2)CC1. The number of nitrogens with zero attached hydrogens (tertiary/aromatic N) is 2. The van der Waals surface area contributed by atoms with E-state index in [0.717, 1.165) is 51.3 Å². The number of anilines is 1. The van der Waals surface area contributed by atoms with Crippen molar-refractivity contribution in [2.24, 2.45) is 5.92 Å². The maximum Gasteiger partial charge on any atom is 0.308 e. The molecule has 0 radical (unpaired) electrons. The maximum absolute atomic E-state index is 11.7. The average molecular weight is 433 g/mol. The lowest BCUT2D eigenvalue weighted by Crippen LogP contribution is -2.45. The molecule has 2 heterocycles. The summed E-state index contributed by atoms with van der Waals surface area (Å²) in [6.45, 7) is 4.68. The lowest BCUT2D eigenvalue weighted by Gasteiger charge is -2.42. The first-order chi connectivity index (χ1) is 14.0. The molecule has 0 aliphatic carbocycles. The van der Waals surface area contributed by atoms with Crippen LogP contribution >= 0.6 is 23.2 Å². The Labute approximate surface area is 182 Å². The van der Waals surface area contributed by atoms with Crippen molar-refractivity contribution in [1.29, 1.82) is 0 Å². The standard InChI is InChI=1S/C23H26Cl2N2O2/c1-29-23(28)18-9-11-26(12-10-18)13-16-5-7-17(8-6-16)19-14-27(15-19)22-20(24)3-2-4-21(22)25/h2-8,18-19H,9-15H2,1H3. The minimum atomic E-state index is -0.0679. The number of carbonyl (C=O) groups excluding carboxylic acids is 1. The molecule has 2 saturated heterocycles. The molecule has 6 heteroatoms. The summed E-state index contributed by atoms with van der Waals surface area (Å²) in [6.07, 6.45) is 1.76. The normalized spacial score (nSPS) is 18.5. The molecule has 29 heavy (non-hydrogen) atoms. The summed E-state index contributed by atoms with van der Waals surface area (Å²) in [4.78, 5) is 16.3. The van der Waals surface area contributed by atoms with Gasteiger partial charge in [0.1, 0.15) is 0 Å². The van der Waals surface area contributed by atoms with Crippen LogP contribution < -0.4 is 4.90 Å². The quantitative estimate of drug-likeness (QED) is 0.623. The molecule has 4 rings (SSSR count). The molecule has 2 aromatic carbocycles. The van der Waals surface area contributed by atoms with Crippen LogP contribution in [-0.4, -0.2) is 44.2 Å². The molecule has 0 saturated carbocycles. The van der Waals surface area contributed by atoms with E-state index in [9.17, 15) is 4.79 Å². The fourth-order valence-electron chi connectivity index (χ4n) is 4.31. The average Bonchev–Trinajstić information content (AvgIpc) is 2.70. The maximum atomic E-state index is 11.7. The van der Waals surface area contributed by atoms with E-state index >= 15 is 0 Å². The summed E-state index contributed by atoms with van der Waals surface area (Å²) in [7, 11) is 1.47. The Balaban J connectivity index is 1.29. The topological polar surface area (TPSA) is 32.8 Å². The number of methoxy groups -OCH3 is 1. The monoisotopic (exact) mass is 432 g/mol. The Bertz CT molecular complexity index is 837. The second-order valence-electron chi connectivity index (χ2n) is 7.99. The van der Waals surface area contributed by atoms with Crippen LogP contribution in [0.1, 0.15) is 29.9 Å². The highest BCUT2D eigenvalue weighted by Crippen LogP contribution is 2.40. The summed E-state index contributed by atoms with van der Waals surface area (Å²) in [5.74, 6) is 0.501. The zero-order valence-electron chi connectivity index (χ0n) is 16.6. The van der Waals surface area contributed by atoms with Gasteiger partial charge in [0.25, 0.3) is 0 Å². The molecule has 0 spiro atoms. The molecule has 2 fully saturated rings. The molecule has 2 aliphatic heterocycles. The minimum Gasteiger partial charge on any atom is -0.469 e. The smallest absolute Gasteiger partial charge is 0.308 e. The minimum absolute atomic E-state index is 0.0619. The van der Waals surface area contributed by atoms with Crippen molar-refractivity contribution in [3.05, 3.63) is 63.6 Å². The van der Waals surface area contributed by atoms with Crippen molar-refractivity contribution in [2.75, 3.05) is 38.2 Å². The number of carbonyl (C=O) groups is 1. The van der Waals surface area contributed by atoms with Gasteiger partial charge in [-0.25, -0.2) is 0 Å². The Morgan fingerprint density at radius 3 is 2.24 bits per heavy atom. The van der Waals surface area contributed by atoms with E-state index in [-0.39, 0.29) is 11.9 Å². The van der Waals surface area contributed by atoms with Gasteiger partial charge in [-0.3, -0.25) is 9.69 Å². The lowest BCUT2D eigenvalue weighted by atomic mass is 9.90. The van der Waals surface area contributed by atoms with Crippen LogP contribution in [0.25, 0.3) is 0 Å². The molecule has 0 amide bonds. The van der Waals surface area contributed by atoms with Gasteiger partial charge in [-0.05, 0) is 49.2 Å². The number of piperidine rings is 1. The van der Waals surface area contributed by atoms with Crippen molar-refractivity contribution in [3.8, 4) is 0 Å². The van der Waals surface area contributed by atoms with E-state index in [0.29, 0.717) is 16.0 Å². The van der Waals surface area contributed by atoms with Gasteiger partial charge in [-0.1, -0.05) is 53.5 Å². The summed E-state index contributed by atoms with van der Waals surface area (Å²) in [6, 6.07) is 14.6. The number of hydrogen-bond donors (Lipinski definition) is 0. The number of esters is 1. The predicted octanol–water partition coefficient (Wildman–Crippen LogP) is 4.98. The fraction of sp³-hybridized carbons (Fsp3) is 0.435. The molecule has 0 aromatic heterocycles. The van der Waals surface area contributed by atoms with E-state index in [1.807, 2.05) is 18.2 Å². The molecule has 2 aromatic rings. The predicted molar refractivity (Wildman–Crippen MR) is 118 cm³/mol. The second-order valence-corrected chi connectivity index (χ2v) is 8.80. The van der Waals surface area contributed by atoms with Crippen LogP contribution in [0.4, 0.5) is 5.69 Å². The van der Waals surface area contributed by atoms with E-state index in [1.165, 1.54) is 18.2 Å². The zero-order chi connectivity index (χ0) is 20.4. The highest BCUT2D eigenvalue weighted by molar-refractivity contribution is 6.39. The Morgan fingerprint density at radius 1 is 1.03 bits per heavy atom. The third-order valence-electron chi connectivity index (χ3n) is 6.11. The van der Waals surface area contributed by atoms with Gasteiger partial charge in [0.05, 0.1) is 28.8 Å². The molecule has 0 unspecified atom stereocenters.